The summed E-state index contributed by atoms with van der Waals surface area (Å²) in [5.74, 6) is 0.623. The lowest BCUT2D eigenvalue weighted by Gasteiger charge is -2.26. The van der Waals surface area contributed by atoms with Gasteiger partial charge >= 0.3 is 6.03 Å². The maximum absolute atomic E-state index is 11.7. The Morgan fingerprint density at radius 1 is 1.33 bits per heavy atom. The van der Waals surface area contributed by atoms with E-state index in [0.717, 1.165) is 25.8 Å². The first kappa shape index (κ1) is 12.3. The van der Waals surface area contributed by atoms with E-state index in [0.29, 0.717) is 5.92 Å². The van der Waals surface area contributed by atoms with Crippen molar-refractivity contribution in [3.63, 3.8) is 0 Å². The summed E-state index contributed by atoms with van der Waals surface area (Å²) in [6.45, 7) is 9.29. The van der Waals surface area contributed by atoms with Crippen LogP contribution in [0.25, 0.3) is 0 Å². The second-order valence-corrected chi connectivity index (χ2v) is 4.67. The molecule has 0 radical (unpaired) electrons. The summed E-state index contributed by atoms with van der Waals surface area (Å²) in [5, 5.41) is 4.73. The smallest absolute Gasteiger partial charge is 0.317 e. The second-order valence-electron chi connectivity index (χ2n) is 4.67. The standard InChI is InChI=1S/C11H23N3O/c1-5-11(6-2)12-10(15)14(13-11)8-7-9(3)4/h9,13H,5-8H2,1-4H3,(H,12,15). The van der Waals surface area contributed by atoms with Crippen molar-refractivity contribution < 1.29 is 4.79 Å². The van der Waals surface area contributed by atoms with Crippen LogP contribution in [0.4, 0.5) is 4.79 Å². The van der Waals surface area contributed by atoms with Crippen LogP contribution >= 0.6 is 0 Å². The fourth-order valence-electron chi connectivity index (χ4n) is 1.74. The van der Waals surface area contributed by atoms with Gasteiger partial charge in [0.05, 0.1) is 0 Å². The van der Waals surface area contributed by atoms with Crippen LogP contribution in [0.1, 0.15) is 47.0 Å². The van der Waals surface area contributed by atoms with Crippen LogP contribution in [0.2, 0.25) is 0 Å². The maximum atomic E-state index is 11.7. The zero-order valence-electron chi connectivity index (χ0n) is 10.3. The highest BCUT2D eigenvalue weighted by atomic mass is 16.2. The van der Waals surface area contributed by atoms with E-state index < -0.39 is 0 Å². The van der Waals surface area contributed by atoms with Crippen molar-refractivity contribution in [3.8, 4) is 0 Å². The van der Waals surface area contributed by atoms with Crippen LogP contribution in [0.5, 0.6) is 0 Å². The first-order valence-electron chi connectivity index (χ1n) is 5.90. The van der Waals surface area contributed by atoms with Crippen molar-refractivity contribution in [3.05, 3.63) is 0 Å². The number of hydrazine groups is 1. The van der Waals surface area contributed by atoms with E-state index >= 15 is 0 Å². The van der Waals surface area contributed by atoms with Crippen molar-refractivity contribution in [2.24, 2.45) is 5.92 Å². The van der Waals surface area contributed by atoms with Crippen LogP contribution in [0.3, 0.4) is 0 Å². The molecule has 15 heavy (non-hydrogen) atoms. The SMILES string of the molecule is CCC1(CC)NC(=O)N(CCC(C)C)N1. The molecule has 1 rings (SSSR count). The van der Waals surface area contributed by atoms with Gasteiger partial charge in [-0.3, -0.25) is 5.01 Å². The maximum Gasteiger partial charge on any atom is 0.333 e. The van der Waals surface area contributed by atoms with Gasteiger partial charge in [0.1, 0.15) is 5.66 Å². The highest BCUT2D eigenvalue weighted by molar-refractivity contribution is 5.76. The number of nitrogens with zero attached hydrogens (tertiary/aromatic N) is 1. The van der Waals surface area contributed by atoms with Gasteiger partial charge in [-0.25, -0.2) is 10.2 Å². The largest absolute Gasteiger partial charge is 0.333 e. The lowest BCUT2D eigenvalue weighted by atomic mass is 10.1. The zero-order chi connectivity index (χ0) is 11.5. The molecule has 0 aromatic heterocycles. The fourth-order valence-corrected chi connectivity index (χ4v) is 1.74. The predicted molar refractivity (Wildman–Crippen MR) is 61.1 cm³/mol. The van der Waals surface area contributed by atoms with Gasteiger partial charge in [0.25, 0.3) is 0 Å². The Bertz CT molecular complexity index is 224. The fraction of sp³-hybridized carbons (Fsp3) is 0.909. The average Bonchev–Trinajstić information content (AvgIpc) is 2.53. The van der Waals surface area contributed by atoms with E-state index in [1.807, 2.05) is 0 Å². The molecule has 1 heterocycles. The van der Waals surface area contributed by atoms with Crippen LogP contribution in [-0.4, -0.2) is 23.2 Å². The number of hydrogen-bond acceptors (Lipinski definition) is 2. The number of nitrogens with one attached hydrogen (secondary N) is 2. The third-order valence-electron chi connectivity index (χ3n) is 3.08. The van der Waals surface area contributed by atoms with Crippen molar-refractivity contribution in [2.75, 3.05) is 6.54 Å². The summed E-state index contributed by atoms with van der Waals surface area (Å²) in [7, 11) is 0. The molecule has 1 aliphatic rings. The quantitative estimate of drug-likeness (QED) is 0.734. The Morgan fingerprint density at radius 3 is 2.33 bits per heavy atom. The first-order valence-corrected chi connectivity index (χ1v) is 5.90. The summed E-state index contributed by atoms with van der Waals surface area (Å²) in [6, 6.07) is 0.0133. The molecule has 88 valence electrons. The number of carbonyl (C=O) groups is 1. The molecule has 0 bridgehead atoms. The first-order chi connectivity index (χ1) is 7.03. The van der Waals surface area contributed by atoms with Crippen molar-refractivity contribution in [1.29, 1.82) is 0 Å². The summed E-state index contributed by atoms with van der Waals surface area (Å²) in [5.41, 5.74) is 3.07. The van der Waals surface area contributed by atoms with Crippen LogP contribution in [0.15, 0.2) is 0 Å². The van der Waals surface area contributed by atoms with Gasteiger partial charge in [0.15, 0.2) is 0 Å². The lowest BCUT2D eigenvalue weighted by molar-refractivity contribution is 0.172. The van der Waals surface area contributed by atoms with Crippen molar-refractivity contribution in [1.82, 2.24) is 15.8 Å². The van der Waals surface area contributed by atoms with Crippen LogP contribution in [-0.2, 0) is 0 Å². The Labute approximate surface area is 92.4 Å². The third-order valence-corrected chi connectivity index (χ3v) is 3.08. The molecule has 1 saturated heterocycles. The number of urea groups is 1. The van der Waals surface area contributed by atoms with Crippen LogP contribution in [0, 0.1) is 5.92 Å². The average molecular weight is 213 g/mol. The van der Waals surface area contributed by atoms with Gasteiger partial charge in [-0.05, 0) is 25.2 Å². The van der Waals surface area contributed by atoms with Gasteiger partial charge in [-0.1, -0.05) is 27.7 Å². The minimum absolute atomic E-state index is 0.0133. The van der Waals surface area contributed by atoms with E-state index in [2.05, 4.69) is 38.4 Å². The highest BCUT2D eigenvalue weighted by Gasteiger charge is 2.38. The number of hydrogen-bond donors (Lipinski definition) is 2. The topological polar surface area (TPSA) is 44.4 Å². The molecule has 4 heteroatoms. The Balaban J connectivity index is 2.52. The van der Waals surface area contributed by atoms with E-state index in [-0.39, 0.29) is 11.7 Å². The van der Waals surface area contributed by atoms with Crippen molar-refractivity contribution in [2.45, 2.75) is 52.6 Å². The molecule has 0 atom stereocenters. The van der Waals surface area contributed by atoms with Crippen LogP contribution < -0.4 is 10.7 Å². The summed E-state index contributed by atoms with van der Waals surface area (Å²) >= 11 is 0. The van der Waals surface area contributed by atoms with Gasteiger partial charge in [-0.15, -0.1) is 0 Å². The molecule has 0 aliphatic carbocycles. The van der Waals surface area contributed by atoms with E-state index in [1.165, 1.54) is 0 Å². The van der Waals surface area contributed by atoms with E-state index in [9.17, 15) is 4.79 Å². The summed E-state index contributed by atoms with van der Waals surface area (Å²) < 4.78 is 0. The Morgan fingerprint density at radius 2 is 1.93 bits per heavy atom. The van der Waals surface area contributed by atoms with E-state index in [1.54, 1.807) is 5.01 Å². The van der Waals surface area contributed by atoms with E-state index in [4.69, 9.17) is 0 Å². The Hall–Kier alpha value is -0.770. The van der Waals surface area contributed by atoms with Crippen molar-refractivity contribution >= 4 is 6.03 Å². The molecular formula is C11H23N3O. The molecule has 0 saturated carbocycles. The summed E-state index contributed by atoms with van der Waals surface area (Å²) in [6.07, 6.45) is 2.85. The molecule has 2 amide bonds. The number of rotatable bonds is 5. The Kier molecular flexibility index (Phi) is 3.97. The zero-order valence-corrected chi connectivity index (χ0v) is 10.3. The monoisotopic (exact) mass is 213 g/mol. The molecule has 4 nitrogen and oxygen atoms in total. The molecule has 1 fully saturated rings. The molecule has 1 aliphatic heterocycles. The van der Waals surface area contributed by atoms with Gasteiger partial charge in [0.2, 0.25) is 0 Å². The second kappa shape index (κ2) is 4.84. The molecule has 0 aromatic rings. The normalized spacial score (nSPS) is 19.8. The minimum Gasteiger partial charge on any atom is -0.317 e. The van der Waals surface area contributed by atoms with Gasteiger partial charge in [-0.2, -0.15) is 0 Å². The van der Waals surface area contributed by atoms with Gasteiger partial charge in [0, 0.05) is 6.54 Å². The molecule has 0 unspecified atom stereocenters. The van der Waals surface area contributed by atoms with Gasteiger partial charge < -0.3 is 5.32 Å². The summed E-state index contributed by atoms with van der Waals surface area (Å²) in [4.78, 5) is 11.7. The number of carbonyl (C=O) groups excluding carboxylic acids is 1. The molecular weight excluding hydrogens is 190 g/mol. The minimum atomic E-state index is -0.214. The lowest BCUT2D eigenvalue weighted by Crippen LogP contribution is -2.50. The molecule has 0 spiro atoms. The highest BCUT2D eigenvalue weighted by Crippen LogP contribution is 2.18. The molecule has 0 aromatic carbocycles. The third kappa shape index (κ3) is 2.84. The molecule has 2 N–H and O–H groups in total. The number of amides is 2. The predicted octanol–water partition coefficient (Wildman–Crippen LogP) is 2.08.